The molecule has 2 aliphatic rings. The van der Waals surface area contributed by atoms with E-state index in [0.29, 0.717) is 11.8 Å². The average molecular weight is 365 g/mol. The van der Waals surface area contributed by atoms with Crippen LogP contribution in [0.5, 0.6) is 17.2 Å². The van der Waals surface area contributed by atoms with Crippen molar-refractivity contribution in [3.63, 3.8) is 0 Å². The molecule has 0 spiro atoms. The lowest BCUT2D eigenvalue weighted by Gasteiger charge is -2.38. The van der Waals surface area contributed by atoms with E-state index in [4.69, 9.17) is 14.2 Å². The Hall–Kier alpha value is -2.62. The second kappa shape index (κ2) is 7.18. The summed E-state index contributed by atoms with van der Waals surface area (Å²) in [5, 5.41) is 3.76. The summed E-state index contributed by atoms with van der Waals surface area (Å²) in [5.41, 5.74) is 3.72. The van der Waals surface area contributed by atoms with Crippen molar-refractivity contribution in [1.82, 2.24) is 0 Å². The largest absolute Gasteiger partial charge is 0.493 e. The minimum atomic E-state index is 0.175. The van der Waals surface area contributed by atoms with Crippen LogP contribution in [0, 0.1) is 5.92 Å². The Morgan fingerprint density at radius 2 is 1.81 bits per heavy atom. The third-order valence-corrected chi connectivity index (χ3v) is 5.47. The molecule has 0 saturated carbocycles. The molecule has 4 nitrogen and oxygen atoms in total. The van der Waals surface area contributed by atoms with Gasteiger partial charge < -0.3 is 19.5 Å². The van der Waals surface area contributed by atoms with Crippen LogP contribution in [0.2, 0.25) is 0 Å². The van der Waals surface area contributed by atoms with Crippen LogP contribution in [0.3, 0.4) is 0 Å². The maximum atomic E-state index is 5.91. The van der Waals surface area contributed by atoms with Crippen LogP contribution in [0.4, 0.5) is 5.69 Å². The van der Waals surface area contributed by atoms with Crippen LogP contribution in [0.1, 0.15) is 43.4 Å². The molecule has 3 atom stereocenters. The van der Waals surface area contributed by atoms with Crippen molar-refractivity contribution in [2.24, 2.45) is 5.92 Å². The highest BCUT2D eigenvalue weighted by Crippen LogP contribution is 2.51. The second-order valence-electron chi connectivity index (χ2n) is 7.51. The predicted octanol–water partition coefficient (Wildman–Crippen LogP) is 5.32. The van der Waals surface area contributed by atoms with E-state index in [2.05, 4.69) is 61.6 Å². The molecule has 0 amide bonds. The Labute approximate surface area is 161 Å². The van der Waals surface area contributed by atoms with Gasteiger partial charge in [-0.15, -0.1) is 0 Å². The summed E-state index contributed by atoms with van der Waals surface area (Å²) in [4.78, 5) is 0. The minimum absolute atomic E-state index is 0.175. The third kappa shape index (κ3) is 3.25. The Kier molecular flexibility index (Phi) is 4.73. The summed E-state index contributed by atoms with van der Waals surface area (Å²) in [6.07, 6.45) is 5.88. The molecule has 1 aliphatic carbocycles. The fourth-order valence-electron chi connectivity index (χ4n) is 4.29. The van der Waals surface area contributed by atoms with E-state index in [1.807, 2.05) is 6.07 Å². The molecule has 142 valence electrons. The molecule has 27 heavy (non-hydrogen) atoms. The molecule has 3 unspecified atom stereocenters. The maximum Gasteiger partial charge on any atom is 0.161 e. The topological polar surface area (TPSA) is 39.7 Å². The molecule has 2 aromatic carbocycles. The summed E-state index contributed by atoms with van der Waals surface area (Å²) >= 11 is 0. The van der Waals surface area contributed by atoms with Crippen molar-refractivity contribution in [3.8, 4) is 17.2 Å². The van der Waals surface area contributed by atoms with Crippen LogP contribution in [0.25, 0.3) is 0 Å². The van der Waals surface area contributed by atoms with Gasteiger partial charge in [-0.25, -0.2) is 0 Å². The zero-order valence-corrected chi connectivity index (χ0v) is 16.4. The summed E-state index contributed by atoms with van der Waals surface area (Å²) in [6, 6.07) is 12.8. The molecule has 0 saturated heterocycles. The van der Waals surface area contributed by atoms with Crippen molar-refractivity contribution >= 4 is 5.69 Å². The van der Waals surface area contributed by atoms with Crippen LogP contribution in [-0.4, -0.2) is 20.3 Å². The number of hydrogen-bond acceptors (Lipinski definition) is 4. The third-order valence-electron chi connectivity index (χ3n) is 5.47. The first-order chi connectivity index (χ1) is 13.1. The van der Waals surface area contributed by atoms with Crippen molar-refractivity contribution < 1.29 is 14.2 Å². The lowest BCUT2D eigenvalue weighted by molar-refractivity contribution is 0.242. The van der Waals surface area contributed by atoms with Gasteiger partial charge in [0.25, 0.3) is 0 Å². The first-order valence-electron chi connectivity index (χ1n) is 9.56. The maximum absolute atomic E-state index is 5.91. The van der Waals surface area contributed by atoms with Crippen molar-refractivity contribution in [3.05, 3.63) is 59.7 Å². The zero-order chi connectivity index (χ0) is 19.0. The molecule has 1 N–H and O–H groups in total. The average Bonchev–Trinajstić information content (AvgIpc) is 3.16. The Morgan fingerprint density at radius 3 is 2.56 bits per heavy atom. The molecule has 0 aromatic heterocycles. The van der Waals surface area contributed by atoms with E-state index in [0.717, 1.165) is 23.7 Å². The highest BCUT2D eigenvalue weighted by molar-refractivity contribution is 5.62. The van der Waals surface area contributed by atoms with Gasteiger partial charge in [0.05, 0.1) is 26.4 Å². The summed E-state index contributed by atoms with van der Waals surface area (Å²) in [6.45, 7) is 4.12. The molecule has 0 radical (unpaired) electrons. The fraction of sp³-hybridized carbons (Fsp3) is 0.391. The minimum Gasteiger partial charge on any atom is -0.493 e. The Balaban J connectivity index is 1.70. The molecular weight excluding hydrogens is 338 g/mol. The summed E-state index contributed by atoms with van der Waals surface area (Å²) in [7, 11) is 3.35. The summed E-state index contributed by atoms with van der Waals surface area (Å²) < 4.78 is 16.8. The number of fused-ring (bicyclic) bond motifs is 3. The normalized spacial score (nSPS) is 22.8. The summed E-state index contributed by atoms with van der Waals surface area (Å²) in [5.74, 6) is 3.34. The predicted molar refractivity (Wildman–Crippen MR) is 108 cm³/mol. The quantitative estimate of drug-likeness (QED) is 0.728. The van der Waals surface area contributed by atoms with Crippen LogP contribution < -0.4 is 19.5 Å². The fourth-order valence-corrected chi connectivity index (χ4v) is 4.29. The van der Waals surface area contributed by atoms with Crippen molar-refractivity contribution in [2.45, 2.75) is 38.3 Å². The van der Waals surface area contributed by atoms with Crippen LogP contribution >= 0.6 is 0 Å². The monoisotopic (exact) mass is 365 g/mol. The van der Waals surface area contributed by atoms with E-state index in [-0.39, 0.29) is 12.1 Å². The van der Waals surface area contributed by atoms with Gasteiger partial charge in [-0.2, -0.15) is 0 Å². The van der Waals surface area contributed by atoms with Crippen LogP contribution in [-0.2, 0) is 0 Å². The molecule has 2 aromatic rings. The number of benzene rings is 2. The number of allylic oxidation sites excluding steroid dienone is 2. The van der Waals surface area contributed by atoms with Gasteiger partial charge in [0, 0.05) is 11.6 Å². The molecule has 4 heteroatoms. The zero-order valence-electron chi connectivity index (χ0n) is 16.4. The van der Waals surface area contributed by atoms with Gasteiger partial charge in [-0.3, -0.25) is 0 Å². The van der Waals surface area contributed by atoms with E-state index in [1.165, 1.54) is 16.8 Å². The van der Waals surface area contributed by atoms with E-state index in [9.17, 15) is 0 Å². The SMILES string of the molecule is COc1ccc(C2Nc3ccc(OC(C)C)cc3C3C=CCC32)cc1OC. The van der Waals surface area contributed by atoms with Crippen LogP contribution in [0.15, 0.2) is 48.6 Å². The Morgan fingerprint density at radius 1 is 1.00 bits per heavy atom. The first kappa shape index (κ1) is 17.8. The number of ether oxygens (including phenoxy) is 3. The van der Waals surface area contributed by atoms with E-state index in [1.54, 1.807) is 14.2 Å². The lowest BCUT2D eigenvalue weighted by atomic mass is 9.77. The number of methoxy groups -OCH3 is 2. The number of hydrogen-bond donors (Lipinski definition) is 1. The standard InChI is InChI=1S/C23H27NO3/c1-14(2)27-16-9-10-20-19(13-16)17-6-5-7-18(17)23(24-20)15-8-11-21(25-3)22(12-15)26-4/h5-6,8-14,17-18,23-24H,7H2,1-4H3. The highest BCUT2D eigenvalue weighted by atomic mass is 16.5. The van der Waals surface area contributed by atoms with Gasteiger partial charge >= 0.3 is 0 Å². The lowest BCUT2D eigenvalue weighted by Crippen LogP contribution is -2.29. The van der Waals surface area contributed by atoms with Gasteiger partial charge in [0.2, 0.25) is 0 Å². The van der Waals surface area contributed by atoms with Crippen molar-refractivity contribution in [2.75, 3.05) is 19.5 Å². The van der Waals surface area contributed by atoms with E-state index >= 15 is 0 Å². The number of anilines is 1. The van der Waals surface area contributed by atoms with Gasteiger partial charge in [0.15, 0.2) is 11.5 Å². The van der Waals surface area contributed by atoms with Gasteiger partial charge in [-0.05, 0) is 67.6 Å². The molecular formula is C23H27NO3. The van der Waals surface area contributed by atoms with Gasteiger partial charge in [-0.1, -0.05) is 18.2 Å². The first-order valence-corrected chi connectivity index (χ1v) is 9.56. The Bertz CT molecular complexity index is 859. The number of nitrogens with one attached hydrogen (secondary N) is 1. The number of rotatable bonds is 5. The van der Waals surface area contributed by atoms with Crippen molar-refractivity contribution in [1.29, 1.82) is 0 Å². The van der Waals surface area contributed by atoms with E-state index < -0.39 is 0 Å². The molecule has 1 heterocycles. The van der Waals surface area contributed by atoms with Gasteiger partial charge in [0.1, 0.15) is 5.75 Å². The smallest absolute Gasteiger partial charge is 0.161 e. The highest BCUT2D eigenvalue weighted by Gasteiger charge is 2.38. The molecule has 0 bridgehead atoms. The second-order valence-corrected chi connectivity index (χ2v) is 7.51. The molecule has 4 rings (SSSR count). The molecule has 1 aliphatic heterocycles. The molecule has 0 fully saturated rings.